The molecule has 5 nitrogen and oxygen atoms in total. The SMILES string of the molecule is COCCCOc1ncc(N)cc1C#N. The lowest BCUT2D eigenvalue weighted by Crippen LogP contribution is -2.04. The number of ether oxygens (including phenoxy) is 2. The van der Waals surface area contributed by atoms with E-state index in [0.29, 0.717) is 30.3 Å². The molecule has 0 unspecified atom stereocenters. The van der Waals surface area contributed by atoms with Crippen LogP contribution in [-0.2, 0) is 4.74 Å². The summed E-state index contributed by atoms with van der Waals surface area (Å²) in [7, 11) is 1.63. The molecule has 0 fully saturated rings. The van der Waals surface area contributed by atoms with Gasteiger partial charge in [-0.3, -0.25) is 0 Å². The quantitative estimate of drug-likeness (QED) is 0.727. The predicted molar refractivity (Wildman–Crippen MR) is 55.4 cm³/mol. The van der Waals surface area contributed by atoms with Crippen LogP contribution in [0.3, 0.4) is 0 Å². The Balaban J connectivity index is 2.57. The highest BCUT2D eigenvalue weighted by atomic mass is 16.5. The third-order valence-electron chi connectivity index (χ3n) is 1.72. The van der Waals surface area contributed by atoms with E-state index in [0.717, 1.165) is 6.42 Å². The largest absolute Gasteiger partial charge is 0.477 e. The van der Waals surface area contributed by atoms with E-state index >= 15 is 0 Å². The first-order valence-electron chi connectivity index (χ1n) is 4.55. The molecule has 5 heteroatoms. The van der Waals surface area contributed by atoms with E-state index in [2.05, 4.69) is 4.98 Å². The van der Waals surface area contributed by atoms with Gasteiger partial charge in [-0.2, -0.15) is 5.26 Å². The van der Waals surface area contributed by atoms with Crippen LogP contribution >= 0.6 is 0 Å². The Bertz CT molecular complexity index is 360. The van der Waals surface area contributed by atoms with Gasteiger partial charge in [0.15, 0.2) is 0 Å². The Labute approximate surface area is 88.4 Å². The highest BCUT2D eigenvalue weighted by Crippen LogP contribution is 2.16. The maximum absolute atomic E-state index is 8.80. The molecule has 0 aliphatic heterocycles. The number of hydrogen-bond acceptors (Lipinski definition) is 5. The Morgan fingerprint density at radius 3 is 3.00 bits per heavy atom. The van der Waals surface area contributed by atoms with Crippen molar-refractivity contribution in [3.63, 3.8) is 0 Å². The lowest BCUT2D eigenvalue weighted by Gasteiger charge is -2.06. The average Bonchev–Trinajstić information content (AvgIpc) is 2.26. The second-order valence-corrected chi connectivity index (χ2v) is 2.93. The van der Waals surface area contributed by atoms with E-state index in [9.17, 15) is 0 Å². The van der Waals surface area contributed by atoms with Gasteiger partial charge in [0, 0.05) is 20.1 Å². The molecule has 0 spiro atoms. The van der Waals surface area contributed by atoms with Gasteiger partial charge in [0.05, 0.1) is 18.5 Å². The Hall–Kier alpha value is -1.80. The molecule has 0 atom stereocenters. The number of hydrogen-bond donors (Lipinski definition) is 1. The summed E-state index contributed by atoms with van der Waals surface area (Å²) in [4.78, 5) is 3.94. The summed E-state index contributed by atoms with van der Waals surface area (Å²) in [5.41, 5.74) is 6.30. The number of rotatable bonds is 5. The summed E-state index contributed by atoms with van der Waals surface area (Å²) >= 11 is 0. The fourth-order valence-electron chi connectivity index (χ4n) is 1.04. The van der Waals surface area contributed by atoms with Crippen molar-refractivity contribution in [1.82, 2.24) is 4.98 Å². The van der Waals surface area contributed by atoms with Crippen LogP contribution in [0.1, 0.15) is 12.0 Å². The number of methoxy groups -OCH3 is 1. The van der Waals surface area contributed by atoms with Crippen LogP contribution in [0, 0.1) is 11.3 Å². The van der Waals surface area contributed by atoms with Gasteiger partial charge >= 0.3 is 0 Å². The van der Waals surface area contributed by atoms with Crippen LogP contribution in [0.4, 0.5) is 5.69 Å². The summed E-state index contributed by atoms with van der Waals surface area (Å²) < 4.78 is 10.2. The monoisotopic (exact) mass is 207 g/mol. The molecule has 0 bridgehead atoms. The Morgan fingerprint density at radius 1 is 1.53 bits per heavy atom. The lowest BCUT2D eigenvalue weighted by molar-refractivity contribution is 0.170. The standard InChI is InChI=1S/C10H13N3O2/c1-14-3-2-4-15-10-8(6-11)5-9(12)7-13-10/h5,7H,2-4,12H2,1H3. The maximum Gasteiger partial charge on any atom is 0.231 e. The molecule has 80 valence electrons. The lowest BCUT2D eigenvalue weighted by atomic mass is 10.3. The topological polar surface area (TPSA) is 81.2 Å². The highest BCUT2D eigenvalue weighted by molar-refractivity contribution is 5.48. The smallest absolute Gasteiger partial charge is 0.231 e. The number of anilines is 1. The van der Waals surface area contributed by atoms with Crippen molar-refractivity contribution < 1.29 is 9.47 Å². The first-order chi connectivity index (χ1) is 7.27. The van der Waals surface area contributed by atoms with Gasteiger partial charge in [-0.15, -0.1) is 0 Å². The summed E-state index contributed by atoms with van der Waals surface area (Å²) in [5.74, 6) is 0.322. The molecular weight excluding hydrogens is 194 g/mol. The molecule has 1 aromatic rings. The van der Waals surface area contributed by atoms with E-state index in [1.54, 1.807) is 13.2 Å². The van der Waals surface area contributed by atoms with Crippen molar-refractivity contribution in [3.05, 3.63) is 17.8 Å². The molecule has 0 saturated heterocycles. The van der Waals surface area contributed by atoms with E-state index in [1.807, 2.05) is 6.07 Å². The van der Waals surface area contributed by atoms with Crippen molar-refractivity contribution in [2.45, 2.75) is 6.42 Å². The fourth-order valence-corrected chi connectivity index (χ4v) is 1.04. The van der Waals surface area contributed by atoms with Gasteiger partial charge in [-0.05, 0) is 6.07 Å². The van der Waals surface area contributed by atoms with Gasteiger partial charge in [-0.25, -0.2) is 4.98 Å². The number of nitrogens with zero attached hydrogens (tertiary/aromatic N) is 2. The van der Waals surface area contributed by atoms with Crippen molar-refractivity contribution in [2.24, 2.45) is 0 Å². The number of pyridine rings is 1. The van der Waals surface area contributed by atoms with Gasteiger partial charge in [0.1, 0.15) is 11.6 Å². The molecule has 2 N–H and O–H groups in total. The molecule has 15 heavy (non-hydrogen) atoms. The summed E-state index contributed by atoms with van der Waals surface area (Å²) in [6.45, 7) is 1.09. The maximum atomic E-state index is 8.80. The van der Waals surface area contributed by atoms with E-state index in [4.69, 9.17) is 20.5 Å². The van der Waals surface area contributed by atoms with E-state index in [1.165, 1.54) is 6.20 Å². The number of nitriles is 1. The third-order valence-corrected chi connectivity index (χ3v) is 1.72. The van der Waals surface area contributed by atoms with Crippen LogP contribution in [0.5, 0.6) is 5.88 Å². The second kappa shape index (κ2) is 5.83. The van der Waals surface area contributed by atoms with Gasteiger partial charge in [-0.1, -0.05) is 0 Å². The number of aromatic nitrogens is 1. The average molecular weight is 207 g/mol. The number of nitrogen functional groups attached to an aromatic ring is 1. The minimum Gasteiger partial charge on any atom is -0.477 e. The molecule has 0 aromatic carbocycles. The van der Waals surface area contributed by atoms with Gasteiger partial charge < -0.3 is 15.2 Å². The molecule has 0 aliphatic rings. The molecule has 0 aliphatic carbocycles. The van der Waals surface area contributed by atoms with E-state index < -0.39 is 0 Å². The highest BCUT2D eigenvalue weighted by Gasteiger charge is 2.04. The number of nitrogens with two attached hydrogens (primary N) is 1. The van der Waals surface area contributed by atoms with Crippen molar-refractivity contribution in [1.29, 1.82) is 5.26 Å². The van der Waals surface area contributed by atoms with Crippen LogP contribution in [0.25, 0.3) is 0 Å². The zero-order valence-electron chi connectivity index (χ0n) is 8.56. The van der Waals surface area contributed by atoms with Crippen LogP contribution < -0.4 is 10.5 Å². The molecule has 0 saturated carbocycles. The van der Waals surface area contributed by atoms with E-state index in [-0.39, 0.29) is 0 Å². The third kappa shape index (κ3) is 3.44. The summed E-state index contributed by atoms with van der Waals surface area (Å²) in [5, 5.41) is 8.80. The first kappa shape index (κ1) is 11.3. The second-order valence-electron chi connectivity index (χ2n) is 2.93. The first-order valence-corrected chi connectivity index (χ1v) is 4.55. The molecule has 1 heterocycles. The van der Waals surface area contributed by atoms with Crippen LogP contribution in [-0.4, -0.2) is 25.3 Å². The van der Waals surface area contributed by atoms with Crippen molar-refractivity contribution >= 4 is 5.69 Å². The molecule has 0 radical (unpaired) electrons. The van der Waals surface area contributed by atoms with Gasteiger partial charge in [0.2, 0.25) is 5.88 Å². The molecule has 0 amide bonds. The van der Waals surface area contributed by atoms with Crippen LogP contribution in [0.15, 0.2) is 12.3 Å². The zero-order chi connectivity index (χ0) is 11.1. The Morgan fingerprint density at radius 2 is 2.33 bits per heavy atom. The Kier molecular flexibility index (Phi) is 4.38. The normalized spacial score (nSPS) is 9.60. The van der Waals surface area contributed by atoms with Crippen molar-refractivity contribution in [2.75, 3.05) is 26.1 Å². The molecular formula is C10H13N3O2. The summed E-state index contributed by atoms with van der Waals surface area (Å²) in [6.07, 6.45) is 2.22. The zero-order valence-corrected chi connectivity index (χ0v) is 8.56. The minimum absolute atomic E-state index is 0.322. The van der Waals surface area contributed by atoms with Gasteiger partial charge in [0.25, 0.3) is 0 Å². The fraction of sp³-hybridized carbons (Fsp3) is 0.400. The summed E-state index contributed by atoms with van der Waals surface area (Å²) in [6, 6.07) is 3.52. The minimum atomic E-state index is 0.322. The van der Waals surface area contributed by atoms with Crippen LogP contribution in [0.2, 0.25) is 0 Å². The predicted octanol–water partition coefficient (Wildman–Crippen LogP) is 0.951. The molecule has 1 rings (SSSR count). The van der Waals surface area contributed by atoms with Crippen molar-refractivity contribution in [3.8, 4) is 11.9 Å². The molecule has 1 aromatic heterocycles.